The highest BCUT2D eigenvalue weighted by Crippen LogP contribution is 2.19. The van der Waals surface area contributed by atoms with E-state index >= 15 is 0 Å². The van der Waals surface area contributed by atoms with Crippen molar-refractivity contribution in [1.29, 1.82) is 5.26 Å². The number of nitrogens with zero attached hydrogens (tertiary/aromatic N) is 2. The molecule has 0 saturated carbocycles. The summed E-state index contributed by atoms with van der Waals surface area (Å²) in [5.74, 6) is 0.710. The Morgan fingerprint density at radius 2 is 2.00 bits per heavy atom. The number of furan rings is 1. The van der Waals surface area contributed by atoms with E-state index in [1.807, 2.05) is 36.4 Å². The molecule has 25 heavy (non-hydrogen) atoms. The van der Waals surface area contributed by atoms with E-state index in [9.17, 15) is 4.79 Å². The number of para-hydroxylation sites is 1. The van der Waals surface area contributed by atoms with E-state index in [2.05, 4.69) is 10.5 Å². The molecule has 1 amide bonds. The summed E-state index contributed by atoms with van der Waals surface area (Å²) in [4.78, 5) is 11.8. The van der Waals surface area contributed by atoms with E-state index in [-0.39, 0.29) is 12.5 Å². The Bertz CT molecular complexity index is 932. The van der Waals surface area contributed by atoms with Gasteiger partial charge in [-0.25, -0.2) is 5.43 Å². The van der Waals surface area contributed by atoms with Crippen LogP contribution in [0.15, 0.2) is 64.1 Å². The van der Waals surface area contributed by atoms with Crippen molar-refractivity contribution < 1.29 is 13.9 Å². The Hall–Kier alpha value is -3.59. The predicted octanol–water partition coefficient (Wildman–Crippen LogP) is 3.22. The van der Waals surface area contributed by atoms with Crippen LogP contribution in [0.5, 0.6) is 5.75 Å². The summed E-state index contributed by atoms with van der Waals surface area (Å²) < 4.78 is 11.0. The molecule has 3 rings (SSSR count). The number of carbonyl (C=O) groups is 1. The van der Waals surface area contributed by atoms with Crippen LogP contribution < -0.4 is 10.2 Å². The zero-order chi connectivity index (χ0) is 17.6. The lowest BCUT2D eigenvalue weighted by atomic mass is 10.2. The molecule has 1 aromatic heterocycles. The smallest absolute Gasteiger partial charge is 0.277 e. The number of amides is 1. The highest BCUT2D eigenvalue weighted by atomic mass is 16.5. The van der Waals surface area contributed by atoms with E-state index in [4.69, 9.17) is 14.4 Å². The summed E-state index contributed by atoms with van der Waals surface area (Å²) in [7, 11) is 0. The fourth-order valence-electron chi connectivity index (χ4n) is 2.17. The standard InChI is InChI=1S/C19H15N3O3/c1-13(18-10-15-4-2-3-5-17(15)25-18)21-22-19(23)12-24-16-8-6-14(11-20)7-9-16/h2-10H,12H2,1H3,(H,22,23)/b21-13-. The first-order valence-electron chi connectivity index (χ1n) is 7.61. The Morgan fingerprint density at radius 1 is 1.24 bits per heavy atom. The molecule has 0 atom stereocenters. The molecule has 1 heterocycles. The van der Waals surface area contributed by atoms with Crippen molar-refractivity contribution in [2.24, 2.45) is 5.10 Å². The fraction of sp³-hybridized carbons (Fsp3) is 0.105. The van der Waals surface area contributed by atoms with E-state index in [0.29, 0.717) is 22.8 Å². The predicted molar refractivity (Wildman–Crippen MR) is 93.2 cm³/mol. The molecule has 6 heteroatoms. The zero-order valence-electron chi connectivity index (χ0n) is 13.5. The molecule has 3 aromatic rings. The largest absolute Gasteiger partial charge is 0.484 e. The van der Waals surface area contributed by atoms with E-state index < -0.39 is 0 Å². The Kier molecular flexibility index (Phi) is 4.77. The van der Waals surface area contributed by atoms with Gasteiger partial charge >= 0.3 is 0 Å². The van der Waals surface area contributed by atoms with Crippen LogP contribution in [0, 0.1) is 11.3 Å². The topological polar surface area (TPSA) is 87.6 Å². The van der Waals surface area contributed by atoms with Gasteiger partial charge in [-0.05, 0) is 43.3 Å². The second-order valence-electron chi connectivity index (χ2n) is 5.31. The number of rotatable bonds is 5. The lowest BCUT2D eigenvalue weighted by Gasteiger charge is -2.05. The molecular weight excluding hydrogens is 318 g/mol. The van der Waals surface area contributed by atoms with Crippen LogP contribution in [0.25, 0.3) is 11.0 Å². The lowest BCUT2D eigenvalue weighted by molar-refractivity contribution is -0.123. The molecule has 0 saturated heterocycles. The second-order valence-corrected chi connectivity index (χ2v) is 5.31. The minimum absolute atomic E-state index is 0.178. The van der Waals surface area contributed by atoms with Gasteiger partial charge in [0.25, 0.3) is 5.91 Å². The molecule has 124 valence electrons. The number of ether oxygens (including phenoxy) is 1. The van der Waals surface area contributed by atoms with Gasteiger partial charge in [0.05, 0.1) is 11.6 Å². The first-order chi connectivity index (χ1) is 12.2. The summed E-state index contributed by atoms with van der Waals surface area (Å²) in [5.41, 5.74) is 4.28. The molecule has 0 aliphatic rings. The van der Waals surface area contributed by atoms with Crippen LogP contribution in [-0.4, -0.2) is 18.2 Å². The van der Waals surface area contributed by atoms with E-state index in [0.717, 1.165) is 11.0 Å². The summed E-state index contributed by atoms with van der Waals surface area (Å²) in [6, 6.07) is 18.0. The third-order valence-corrected chi connectivity index (χ3v) is 3.48. The third kappa shape index (κ3) is 4.03. The Morgan fingerprint density at radius 3 is 2.72 bits per heavy atom. The van der Waals surface area contributed by atoms with Gasteiger partial charge in [-0.2, -0.15) is 10.4 Å². The molecule has 0 radical (unpaired) electrons. The molecule has 0 aliphatic carbocycles. The van der Waals surface area contributed by atoms with Crippen molar-refractivity contribution in [2.75, 3.05) is 6.61 Å². The zero-order valence-corrected chi connectivity index (χ0v) is 13.5. The van der Waals surface area contributed by atoms with Crippen LogP contribution in [0.3, 0.4) is 0 Å². The van der Waals surface area contributed by atoms with Crippen LogP contribution in [0.1, 0.15) is 18.2 Å². The number of nitrogens with one attached hydrogen (secondary N) is 1. The van der Waals surface area contributed by atoms with Crippen molar-refractivity contribution in [1.82, 2.24) is 5.43 Å². The van der Waals surface area contributed by atoms with Crippen LogP contribution >= 0.6 is 0 Å². The quantitative estimate of drug-likeness (QED) is 0.573. The van der Waals surface area contributed by atoms with Gasteiger partial charge in [0, 0.05) is 5.39 Å². The average Bonchev–Trinajstić information content (AvgIpc) is 3.09. The van der Waals surface area contributed by atoms with Gasteiger partial charge in [-0.15, -0.1) is 0 Å². The molecule has 6 nitrogen and oxygen atoms in total. The van der Waals surface area contributed by atoms with Crippen LogP contribution in [0.4, 0.5) is 0 Å². The monoisotopic (exact) mass is 333 g/mol. The molecular formula is C19H15N3O3. The highest BCUT2D eigenvalue weighted by molar-refractivity contribution is 6.00. The molecule has 0 fully saturated rings. The van der Waals surface area contributed by atoms with Gasteiger partial charge in [0.15, 0.2) is 12.4 Å². The number of nitriles is 1. The minimum atomic E-state index is -0.389. The van der Waals surface area contributed by atoms with Gasteiger partial charge in [-0.1, -0.05) is 18.2 Å². The average molecular weight is 333 g/mol. The number of hydrazone groups is 1. The van der Waals surface area contributed by atoms with Crippen molar-refractivity contribution in [3.8, 4) is 11.8 Å². The summed E-state index contributed by atoms with van der Waals surface area (Å²) in [5, 5.41) is 13.7. The number of hydrogen-bond donors (Lipinski definition) is 1. The summed E-state index contributed by atoms with van der Waals surface area (Å²) in [6.07, 6.45) is 0. The maximum absolute atomic E-state index is 11.8. The van der Waals surface area contributed by atoms with Crippen LogP contribution in [-0.2, 0) is 4.79 Å². The molecule has 1 N–H and O–H groups in total. The molecule has 0 spiro atoms. The van der Waals surface area contributed by atoms with E-state index in [1.54, 1.807) is 31.2 Å². The van der Waals surface area contributed by atoms with Gasteiger partial charge in [0.1, 0.15) is 17.0 Å². The normalized spacial score (nSPS) is 11.1. The van der Waals surface area contributed by atoms with Crippen molar-refractivity contribution in [3.05, 3.63) is 65.9 Å². The number of carbonyl (C=O) groups excluding carboxylic acids is 1. The maximum Gasteiger partial charge on any atom is 0.277 e. The molecule has 0 unspecified atom stereocenters. The van der Waals surface area contributed by atoms with Crippen molar-refractivity contribution in [2.45, 2.75) is 6.92 Å². The minimum Gasteiger partial charge on any atom is -0.484 e. The van der Waals surface area contributed by atoms with Crippen molar-refractivity contribution in [3.63, 3.8) is 0 Å². The van der Waals surface area contributed by atoms with Crippen LogP contribution in [0.2, 0.25) is 0 Å². The molecule has 2 aromatic carbocycles. The number of fused-ring (bicyclic) bond motifs is 1. The summed E-state index contributed by atoms with van der Waals surface area (Å²) in [6.45, 7) is 1.57. The second kappa shape index (κ2) is 7.32. The number of hydrogen-bond acceptors (Lipinski definition) is 5. The first kappa shape index (κ1) is 16.3. The Balaban J connectivity index is 1.56. The molecule has 0 aliphatic heterocycles. The van der Waals surface area contributed by atoms with Gasteiger partial charge < -0.3 is 9.15 Å². The third-order valence-electron chi connectivity index (χ3n) is 3.48. The Labute approximate surface area is 144 Å². The van der Waals surface area contributed by atoms with Crippen molar-refractivity contribution >= 4 is 22.6 Å². The lowest BCUT2D eigenvalue weighted by Crippen LogP contribution is -2.25. The fourth-order valence-corrected chi connectivity index (χ4v) is 2.17. The highest BCUT2D eigenvalue weighted by Gasteiger charge is 2.07. The SMILES string of the molecule is C/C(=N/NC(=O)COc1ccc(C#N)cc1)c1cc2ccccc2o1. The van der Waals surface area contributed by atoms with E-state index in [1.165, 1.54) is 0 Å². The first-order valence-corrected chi connectivity index (χ1v) is 7.61. The maximum atomic E-state index is 11.8. The summed E-state index contributed by atoms with van der Waals surface area (Å²) >= 11 is 0. The number of benzene rings is 2. The molecule has 0 bridgehead atoms. The van der Waals surface area contributed by atoms with Gasteiger partial charge in [-0.3, -0.25) is 4.79 Å². The van der Waals surface area contributed by atoms with Gasteiger partial charge in [0.2, 0.25) is 0 Å².